The largest absolute Gasteiger partial charge is 0.493 e. The summed E-state index contributed by atoms with van der Waals surface area (Å²) in [5.41, 5.74) is 5.01. The van der Waals surface area contributed by atoms with Crippen molar-refractivity contribution in [3.05, 3.63) is 132 Å². The SMILES string of the molecule is CCOC(=O)c1c(-c2cccc(C(=O)NCCCN(C)C)c2)c2ccccc2n1CCCOc1cccc2ccccc12.Cc1ccccc1B(O)O. The van der Waals surface area contributed by atoms with Gasteiger partial charge in [0.2, 0.25) is 0 Å². The monoisotopic (exact) mass is 713 g/mol. The molecule has 1 heterocycles. The van der Waals surface area contributed by atoms with Gasteiger partial charge in [0.25, 0.3) is 5.91 Å². The van der Waals surface area contributed by atoms with E-state index >= 15 is 0 Å². The molecule has 1 amide bonds. The molecule has 1 aromatic heterocycles. The van der Waals surface area contributed by atoms with Crippen molar-refractivity contribution in [2.45, 2.75) is 33.2 Å². The first kappa shape index (κ1) is 38.8. The van der Waals surface area contributed by atoms with E-state index in [9.17, 15) is 9.59 Å². The summed E-state index contributed by atoms with van der Waals surface area (Å²) in [7, 11) is 2.68. The predicted octanol–water partition coefficient (Wildman–Crippen LogP) is 6.46. The van der Waals surface area contributed by atoms with Crippen LogP contribution in [0.4, 0.5) is 0 Å². The van der Waals surface area contributed by atoms with E-state index in [1.807, 2.05) is 111 Å². The van der Waals surface area contributed by atoms with Crippen molar-refractivity contribution >= 4 is 46.1 Å². The Morgan fingerprint density at radius 2 is 1.53 bits per heavy atom. The average molecular weight is 714 g/mol. The van der Waals surface area contributed by atoms with E-state index in [0.29, 0.717) is 42.8 Å². The number of nitrogens with zero attached hydrogens (tertiary/aromatic N) is 2. The topological polar surface area (TPSA) is 113 Å². The molecule has 0 aliphatic heterocycles. The Morgan fingerprint density at radius 1 is 0.830 bits per heavy atom. The fourth-order valence-electron chi connectivity index (χ4n) is 6.36. The molecule has 0 atom stereocenters. The lowest BCUT2D eigenvalue weighted by Gasteiger charge is -2.13. The van der Waals surface area contributed by atoms with E-state index in [4.69, 9.17) is 19.5 Å². The van der Waals surface area contributed by atoms with Gasteiger partial charge in [0.15, 0.2) is 0 Å². The number of amides is 1. The molecule has 0 saturated heterocycles. The highest BCUT2D eigenvalue weighted by molar-refractivity contribution is 6.59. The van der Waals surface area contributed by atoms with E-state index < -0.39 is 7.12 Å². The second-order valence-corrected chi connectivity index (χ2v) is 13.0. The summed E-state index contributed by atoms with van der Waals surface area (Å²) in [6, 6.07) is 36.9. The average Bonchev–Trinajstić information content (AvgIpc) is 3.50. The number of esters is 1. The molecule has 0 radical (unpaired) electrons. The molecular formula is C43H48BN3O6. The van der Waals surface area contributed by atoms with Gasteiger partial charge < -0.3 is 34.3 Å². The van der Waals surface area contributed by atoms with E-state index in [1.165, 1.54) is 0 Å². The predicted molar refractivity (Wildman–Crippen MR) is 214 cm³/mol. The Labute approximate surface area is 311 Å². The number of hydrogen-bond acceptors (Lipinski definition) is 7. The van der Waals surface area contributed by atoms with Gasteiger partial charge in [0.1, 0.15) is 11.4 Å². The third-order valence-electron chi connectivity index (χ3n) is 8.92. The summed E-state index contributed by atoms with van der Waals surface area (Å²) in [4.78, 5) is 28.6. The van der Waals surface area contributed by atoms with E-state index in [0.717, 1.165) is 57.1 Å². The zero-order valence-electron chi connectivity index (χ0n) is 30.9. The molecule has 3 N–H and O–H groups in total. The van der Waals surface area contributed by atoms with Crippen molar-refractivity contribution in [1.82, 2.24) is 14.8 Å². The normalized spacial score (nSPS) is 10.9. The molecule has 6 aromatic rings. The van der Waals surface area contributed by atoms with Crippen molar-refractivity contribution < 1.29 is 29.1 Å². The summed E-state index contributed by atoms with van der Waals surface area (Å²) in [5, 5.41) is 23.7. The van der Waals surface area contributed by atoms with Crippen LogP contribution in [0.5, 0.6) is 5.75 Å². The molecule has 274 valence electrons. The molecule has 6 rings (SSSR count). The van der Waals surface area contributed by atoms with Gasteiger partial charge in [-0.3, -0.25) is 4.79 Å². The van der Waals surface area contributed by atoms with Crippen LogP contribution in [0.25, 0.3) is 32.8 Å². The quantitative estimate of drug-likeness (QED) is 0.0675. The Morgan fingerprint density at radius 3 is 2.26 bits per heavy atom. The van der Waals surface area contributed by atoms with Crippen molar-refractivity contribution in [3.63, 3.8) is 0 Å². The maximum atomic E-state index is 13.5. The fourth-order valence-corrected chi connectivity index (χ4v) is 6.36. The number of benzene rings is 5. The second-order valence-electron chi connectivity index (χ2n) is 13.0. The summed E-state index contributed by atoms with van der Waals surface area (Å²) in [6.07, 6.45) is 1.55. The minimum absolute atomic E-state index is 0.132. The Bertz CT molecular complexity index is 2140. The number of para-hydroxylation sites is 1. The van der Waals surface area contributed by atoms with Gasteiger partial charge >= 0.3 is 13.1 Å². The van der Waals surface area contributed by atoms with Crippen LogP contribution in [-0.2, 0) is 11.3 Å². The van der Waals surface area contributed by atoms with E-state index in [1.54, 1.807) is 18.2 Å². The van der Waals surface area contributed by atoms with Gasteiger partial charge in [-0.05, 0) is 88.0 Å². The minimum Gasteiger partial charge on any atom is -0.493 e. The molecular weight excluding hydrogens is 665 g/mol. The molecule has 0 aliphatic rings. The first-order valence-electron chi connectivity index (χ1n) is 18.0. The van der Waals surface area contributed by atoms with Gasteiger partial charge in [0.05, 0.1) is 13.2 Å². The van der Waals surface area contributed by atoms with Gasteiger partial charge in [-0.15, -0.1) is 0 Å². The Kier molecular flexibility index (Phi) is 13.8. The lowest BCUT2D eigenvalue weighted by Crippen LogP contribution is -2.31. The first-order chi connectivity index (χ1) is 25.7. The number of carbonyl (C=O) groups is 2. The molecule has 0 spiro atoms. The number of ether oxygens (including phenoxy) is 2. The summed E-state index contributed by atoms with van der Waals surface area (Å²) in [5.74, 6) is 0.327. The third kappa shape index (κ3) is 9.93. The third-order valence-corrected chi connectivity index (χ3v) is 8.92. The van der Waals surface area contributed by atoms with Crippen LogP contribution in [0.15, 0.2) is 115 Å². The van der Waals surface area contributed by atoms with Crippen LogP contribution in [-0.4, -0.2) is 78.9 Å². The maximum Gasteiger partial charge on any atom is 0.488 e. The minimum atomic E-state index is -1.35. The molecule has 0 aliphatic carbocycles. The number of hydrogen-bond donors (Lipinski definition) is 3. The molecule has 0 fully saturated rings. The lowest BCUT2D eigenvalue weighted by molar-refractivity contribution is 0.0514. The highest BCUT2D eigenvalue weighted by atomic mass is 16.5. The second kappa shape index (κ2) is 18.9. The van der Waals surface area contributed by atoms with Gasteiger partial charge in [-0.2, -0.15) is 0 Å². The number of nitrogens with one attached hydrogen (secondary N) is 1. The number of aryl methyl sites for hydroxylation is 2. The van der Waals surface area contributed by atoms with Crippen LogP contribution in [0.2, 0.25) is 0 Å². The van der Waals surface area contributed by atoms with E-state index in [2.05, 4.69) is 28.4 Å². The molecule has 0 unspecified atom stereocenters. The number of carbonyl (C=O) groups excluding carboxylic acids is 2. The van der Waals surface area contributed by atoms with Crippen LogP contribution < -0.4 is 15.5 Å². The lowest BCUT2D eigenvalue weighted by atomic mass is 9.77. The van der Waals surface area contributed by atoms with Crippen molar-refractivity contribution in [3.8, 4) is 16.9 Å². The van der Waals surface area contributed by atoms with E-state index in [-0.39, 0.29) is 18.5 Å². The van der Waals surface area contributed by atoms with Gasteiger partial charge in [-0.25, -0.2) is 4.79 Å². The standard InChI is InChI=1S/C36H39N3O4.C7H9BO2/c1-4-42-36(41)34-33(27-15-9-16-28(25-27)35(40)37-21-11-22-38(2)3)30-18-7-8-19-31(30)39(34)23-12-24-43-32-20-10-14-26-13-5-6-17-29(26)32;1-6-4-2-3-5-7(6)8(9)10/h5-10,13-20,25H,4,11-12,21-24H2,1-3H3,(H,37,40);2-5,9-10H,1H3. The highest BCUT2D eigenvalue weighted by Crippen LogP contribution is 2.36. The molecule has 9 nitrogen and oxygen atoms in total. The zero-order chi connectivity index (χ0) is 37.7. The number of aromatic nitrogens is 1. The van der Waals surface area contributed by atoms with Crippen molar-refractivity contribution in [2.75, 3.05) is 40.4 Å². The maximum absolute atomic E-state index is 13.5. The van der Waals surface area contributed by atoms with Crippen molar-refractivity contribution in [1.29, 1.82) is 0 Å². The van der Waals surface area contributed by atoms with Crippen LogP contribution in [0.3, 0.4) is 0 Å². The van der Waals surface area contributed by atoms with Crippen molar-refractivity contribution in [2.24, 2.45) is 0 Å². The van der Waals surface area contributed by atoms with Gasteiger partial charge in [0, 0.05) is 40.5 Å². The van der Waals surface area contributed by atoms with Crippen LogP contribution in [0.1, 0.15) is 46.2 Å². The highest BCUT2D eigenvalue weighted by Gasteiger charge is 2.25. The smallest absolute Gasteiger partial charge is 0.488 e. The first-order valence-corrected chi connectivity index (χ1v) is 18.0. The number of fused-ring (bicyclic) bond motifs is 2. The summed E-state index contributed by atoms with van der Waals surface area (Å²) < 4.78 is 13.8. The van der Waals surface area contributed by atoms with Crippen LogP contribution in [0, 0.1) is 6.92 Å². The fraction of sp³-hybridized carbons (Fsp3) is 0.256. The van der Waals surface area contributed by atoms with Gasteiger partial charge in [-0.1, -0.05) is 96.6 Å². The molecule has 53 heavy (non-hydrogen) atoms. The molecule has 0 saturated carbocycles. The molecule has 10 heteroatoms. The summed E-state index contributed by atoms with van der Waals surface area (Å²) >= 11 is 0. The molecule has 5 aromatic carbocycles. The van der Waals surface area contributed by atoms with Crippen LogP contribution >= 0.6 is 0 Å². The Hall–Kier alpha value is -5.42. The number of rotatable bonds is 14. The summed E-state index contributed by atoms with van der Waals surface area (Å²) in [6.45, 7) is 6.45. The Balaban J connectivity index is 0.000000469. The molecule has 0 bridgehead atoms. The zero-order valence-corrected chi connectivity index (χ0v) is 30.9.